The Bertz CT molecular complexity index is 892. The molecule has 154 valence electrons. The first-order valence-electron chi connectivity index (χ1n) is 10.7. The first-order valence-corrected chi connectivity index (χ1v) is 12.4. The van der Waals surface area contributed by atoms with E-state index < -0.39 is 0 Å². The van der Waals surface area contributed by atoms with Gasteiger partial charge in [-0.3, -0.25) is 4.79 Å². The van der Waals surface area contributed by atoms with Crippen molar-refractivity contribution in [2.75, 3.05) is 5.75 Å². The van der Waals surface area contributed by atoms with Crippen LogP contribution in [0.3, 0.4) is 0 Å². The second-order valence-electron chi connectivity index (χ2n) is 9.10. The van der Waals surface area contributed by atoms with E-state index in [1.165, 1.54) is 50.3 Å². The summed E-state index contributed by atoms with van der Waals surface area (Å²) in [7, 11) is 0. The van der Waals surface area contributed by atoms with Crippen LogP contribution in [-0.4, -0.2) is 32.0 Å². The predicted octanol–water partition coefficient (Wildman–Crippen LogP) is 4.90. The molecule has 7 heteroatoms. The molecule has 0 saturated heterocycles. The maximum Gasteiger partial charge on any atom is 0.230 e. The fraction of sp³-hybridized carbons (Fsp3) is 0.591. The van der Waals surface area contributed by atoms with Crippen LogP contribution in [0.15, 0.2) is 33.9 Å². The third-order valence-electron chi connectivity index (χ3n) is 6.89. The molecule has 4 aliphatic rings. The molecule has 0 atom stereocenters. The molecule has 6 rings (SSSR count). The number of nitrogens with one attached hydrogen (secondary N) is 1. The summed E-state index contributed by atoms with van der Waals surface area (Å²) < 4.78 is 3.11. The largest absolute Gasteiger partial charge is 0.350 e. The summed E-state index contributed by atoms with van der Waals surface area (Å²) in [4.78, 5) is 12.8. The molecular formula is C22H27BrN4OS. The van der Waals surface area contributed by atoms with Gasteiger partial charge in [0.15, 0.2) is 11.0 Å². The zero-order valence-corrected chi connectivity index (χ0v) is 19.1. The first-order chi connectivity index (χ1) is 14.0. The number of hydrogen-bond acceptors (Lipinski definition) is 4. The number of rotatable bonds is 6. The molecule has 0 spiro atoms. The van der Waals surface area contributed by atoms with E-state index in [0.717, 1.165) is 45.3 Å². The van der Waals surface area contributed by atoms with Crippen molar-refractivity contribution in [3.63, 3.8) is 0 Å². The van der Waals surface area contributed by atoms with Crippen molar-refractivity contribution < 1.29 is 4.79 Å². The normalized spacial score (nSPS) is 29.9. The van der Waals surface area contributed by atoms with E-state index in [2.05, 4.69) is 42.9 Å². The van der Waals surface area contributed by atoms with Crippen LogP contribution in [0.5, 0.6) is 0 Å². The number of carbonyl (C=O) groups is 1. The third-order valence-corrected chi connectivity index (χ3v) is 8.35. The molecule has 0 radical (unpaired) electrons. The second kappa shape index (κ2) is 7.73. The second-order valence-corrected chi connectivity index (χ2v) is 11.0. The Hall–Kier alpha value is -1.34. The van der Waals surface area contributed by atoms with Gasteiger partial charge in [0.25, 0.3) is 0 Å². The number of carbonyl (C=O) groups excluding carboxylic acids is 1. The average molecular weight is 475 g/mol. The van der Waals surface area contributed by atoms with Crippen molar-refractivity contribution in [2.45, 2.75) is 62.7 Å². The molecule has 1 heterocycles. The van der Waals surface area contributed by atoms with Crippen molar-refractivity contribution in [3.8, 4) is 11.4 Å². The van der Waals surface area contributed by atoms with Crippen LogP contribution in [0.4, 0.5) is 0 Å². The van der Waals surface area contributed by atoms with Gasteiger partial charge in [0.05, 0.1) is 5.75 Å². The number of aromatic nitrogens is 3. The van der Waals surface area contributed by atoms with Crippen LogP contribution < -0.4 is 5.32 Å². The van der Waals surface area contributed by atoms with Gasteiger partial charge in [0, 0.05) is 22.1 Å². The number of thioether (sulfide) groups is 1. The Kier molecular flexibility index (Phi) is 5.23. The molecule has 1 N–H and O–H groups in total. The van der Waals surface area contributed by atoms with Gasteiger partial charge in [0.1, 0.15) is 0 Å². The summed E-state index contributed by atoms with van der Waals surface area (Å²) in [5, 5.41) is 13.0. The van der Waals surface area contributed by atoms with Crippen molar-refractivity contribution in [1.29, 1.82) is 0 Å². The van der Waals surface area contributed by atoms with Crippen LogP contribution >= 0.6 is 27.7 Å². The lowest BCUT2D eigenvalue weighted by molar-refractivity contribution is -0.124. The highest BCUT2D eigenvalue weighted by Gasteiger charge is 2.51. The third kappa shape index (κ3) is 3.88. The van der Waals surface area contributed by atoms with E-state index in [1.807, 2.05) is 24.3 Å². The Morgan fingerprint density at radius 3 is 2.52 bits per heavy atom. The minimum Gasteiger partial charge on any atom is -0.350 e. The summed E-state index contributed by atoms with van der Waals surface area (Å²) in [5.41, 5.74) is 1.10. The van der Waals surface area contributed by atoms with Crippen LogP contribution in [0.1, 0.15) is 45.4 Å². The monoisotopic (exact) mass is 474 g/mol. The van der Waals surface area contributed by atoms with Crippen molar-refractivity contribution in [1.82, 2.24) is 20.1 Å². The molecule has 4 fully saturated rings. The zero-order valence-electron chi connectivity index (χ0n) is 16.7. The fourth-order valence-electron chi connectivity index (χ4n) is 6.25. The fourth-order valence-corrected chi connectivity index (χ4v) is 7.45. The molecule has 4 bridgehead atoms. The molecule has 0 aliphatic heterocycles. The maximum atomic E-state index is 12.8. The van der Waals surface area contributed by atoms with Crippen molar-refractivity contribution in [2.24, 2.45) is 17.8 Å². The van der Waals surface area contributed by atoms with E-state index in [1.54, 1.807) is 0 Å². The van der Waals surface area contributed by atoms with Crippen LogP contribution in [0.2, 0.25) is 0 Å². The van der Waals surface area contributed by atoms with Gasteiger partial charge in [0.2, 0.25) is 5.91 Å². The molecule has 1 aromatic heterocycles. The Labute approximate surface area is 184 Å². The van der Waals surface area contributed by atoms with Gasteiger partial charge in [-0.25, -0.2) is 0 Å². The van der Waals surface area contributed by atoms with Gasteiger partial charge < -0.3 is 9.88 Å². The summed E-state index contributed by atoms with van der Waals surface area (Å²) in [6.45, 7) is 2.86. The smallest absolute Gasteiger partial charge is 0.230 e. The lowest BCUT2D eigenvalue weighted by atomic mass is 9.53. The van der Waals surface area contributed by atoms with E-state index in [-0.39, 0.29) is 11.4 Å². The maximum absolute atomic E-state index is 12.8. The van der Waals surface area contributed by atoms with E-state index in [4.69, 9.17) is 0 Å². The number of nitrogens with zero attached hydrogens (tertiary/aromatic N) is 3. The van der Waals surface area contributed by atoms with Crippen molar-refractivity contribution >= 4 is 33.6 Å². The van der Waals surface area contributed by atoms with Crippen LogP contribution in [0, 0.1) is 17.8 Å². The SMILES string of the molecule is CCn1c(SCC(=O)NC23CC4CC(CC(C4)C2)C3)nnc1-c1cccc(Br)c1. The highest BCUT2D eigenvalue weighted by atomic mass is 79.9. The molecule has 5 nitrogen and oxygen atoms in total. The van der Waals surface area contributed by atoms with E-state index in [0.29, 0.717) is 5.75 Å². The summed E-state index contributed by atoms with van der Waals surface area (Å²) in [6.07, 6.45) is 7.74. The number of amides is 1. The standard InChI is InChI=1S/C22H27BrN4OS/c1-2-27-20(17-4-3-5-18(23)9-17)25-26-21(27)29-13-19(28)24-22-10-14-6-15(11-22)8-16(7-14)12-22/h3-5,9,14-16H,2,6-8,10-13H2,1H3,(H,24,28). The quantitative estimate of drug-likeness (QED) is 0.604. The summed E-state index contributed by atoms with van der Waals surface area (Å²) in [5.74, 6) is 3.91. The van der Waals surface area contributed by atoms with E-state index in [9.17, 15) is 4.79 Å². The van der Waals surface area contributed by atoms with Crippen LogP contribution in [-0.2, 0) is 11.3 Å². The molecular weight excluding hydrogens is 448 g/mol. The first kappa shape index (κ1) is 19.6. The Morgan fingerprint density at radius 1 is 1.21 bits per heavy atom. The summed E-state index contributed by atoms with van der Waals surface area (Å²) >= 11 is 5.02. The van der Waals surface area contributed by atoms with Crippen molar-refractivity contribution in [3.05, 3.63) is 28.7 Å². The highest BCUT2D eigenvalue weighted by molar-refractivity contribution is 9.10. The predicted molar refractivity (Wildman–Crippen MR) is 119 cm³/mol. The minimum absolute atomic E-state index is 0.0757. The molecule has 29 heavy (non-hydrogen) atoms. The lowest BCUT2D eigenvalue weighted by Gasteiger charge is -2.56. The molecule has 1 amide bonds. The van der Waals surface area contributed by atoms with Gasteiger partial charge in [-0.1, -0.05) is 39.8 Å². The average Bonchev–Trinajstić information content (AvgIpc) is 3.08. The lowest BCUT2D eigenvalue weighted by Crippen LogP contribution is -2.60. The molecule has 4 aliphatic carbocycles. The van der Waals surface area contributed by atoms with Gasteiger partial charge >= 0.3 is 0 Å². The molecule has 4 saturated carbocycles. The van der Waals surface area contributed by atoms with Gasteiger partial charge in [-0.05, 0) is 75.3 Å². The van der Waals surface area contributed by atoms with Gasteiger partial charge in [-0.15, -0.1) is 10.2 Å². The number of halogens is 1. The topological polar surface area (TPSA) is 59.8 Å². The Balaban J connectivity index is 1.25. The Morgan fingerprint density at radius 2 is 1.90 bits per heavy atom. The summed E-state index contributed by atoms with van der Waals surface area (Å²) in [6, 6.07) is 8.08. The molecule has 2 aromatic rings. The van der Waals surface area contributed by atoms with Gasteiger partial charge in [-0.2, -0.15) is 0 Å². The highest BCUT2D eigenvalue weighted by Crippen LogP contribution is 2.55. The molecule has 1 aromatic carbocycles. The van der Waals surface area contributed by atoms with Crippen LogP contribution in [0.25, 0.3) is 11.4 Å². The number of benzene rings is 1. The zero-order chi connectivity index (χ0) is 20.0. The number of hydrogen-bond donors (Lipinski definition) is 1. The molecule has 0 unspecified atom stereocenters. The minimum atomic E-state index is 0.0757. The van der Waals surface area contributed by atoms with E-state index >= 15 is 0 Å².